The predicted octanol–water partition coefficient (Wildman–Crippen LogP) is 4.93. The molecule has 1 fully saturated rings. The van der Waals surface area contributed by atoms with Crippen molar-refractivity contribution in [3.8, 4) is 0 Å². The molecule has 0 aliphatic heterocycles. The van der Waals surface area contributed by atoms with Gasteiger partial charge >= 0.3 is 0 Å². The SMILES string of the molecule is O=S(=O)(c1cc(Br)ccc1Br)N(CCBr)C1CCCCC1. The molecular formula is C14H18Br3NO2S. The summed E-state index contributed by atoms with van der Waals surface area (Å²) in [6, 6.07) is 5.39. The van der Waals surface area contributed by atoms with Crippen LogP contribution in [-0.2, 0) is 10.0 Å². The average molecular weight is 504 g/mol. The molecule has 1 saturated carbocycles. The first-order valence-electron chi connectivity index (χ1n) is 6.99. The fourth-order valence-corrected chi connectivity index (χ4v) is 6.52. The zero-order valence-corrected chi connectivity index (χ0v) is 17.1. The van der Waals surface area contributed by atoms with Crippen LogP contribution in [0.5, 0.6) is 0 Å². The van der Waals surface area contributed by atoms with E-state index in [1.165, 1.54) is 6.42 Å². The fourth-order valence-electron chi connectivity index (χ4n) is 2.75. The van der Waals surface area contributed by atoms with E-state index < -0.39 is 10.0 Å². The van der Waals surface area contributed by atoms with Crippen molar-refractivity contribution in [3.63, 3.8) is 0 Å². The van der Waals surface area contributed by atoms with Gasteiger partial charge in [-0.1, -0.05) is 51.1 Å². The Hall–Kier alpha value is 0.570. The topological polar surface area (TPSA) is 37.4 Å². The molecule has 0 aromatic heterocycles. The molecule has 2 rings (SSSR count). The van der Waals surface area contributed by atoms with Crippen LogP contribution in [-0.4, -0.2) is 30.6 Å². The first-order valence-corrected chi connectivity index (χ1v) is 11.1. The lowest BCUT2D eigenvalue weighted by atomic mass is 9.95. The number of benzene rings is 1. The van der Waals surface area contributed by atoms with Crippen molar-refractivity contribution in [2.75, 3.05) is 11.9 Å². The quantitative estimate of drug-likeness (QED) is 0.534. The summed E-state index contributed by atoms with van der Waals surface area (Å²) >= 11 is 10.1. The first-order chi connectivity index (χ1) is 9.96. The maximum Gasteiger partial charge on any atom is 0.244 e. The summed E-state index contributed by atoms with van der Waals surface area (Å²) in [5.74, 6) is 0. The van der Waals surface area contributed by atoms with Crippen LogP contribution >= 0.6 is 47.8 Å². The fraction of sp³-hybridized carbons (Fsp3) is 0.571. The van der Waals surface area contributed by atoms with Crippen LogP contribution < -0.4 is 0 Å². The minimum atomic E-state index is -3.49. The molecule has 0 bridgehead atoms. The van der Waals surface area contributed by atoms with Gasteiger partial charge in [0, 0.05) is 26.9 Å². The zero-order chi connectivity index (χ0) is 15.5. The van der Waals surface area contributed by atoms with Crippen molar-refractivity contribution in [2.24, 2.45) is 0 Å². The molecule has 7 heteroatoms. The number of sulfonamides is 1. The molecule has 0 heterocycles. The second-order valence-electron chi connectivity index (χ2n) is 5.17. The molecule has 0 unspecified atom stereocenters. The van der Waals surface area contributed by atoms with E-state index in [-0.39, 0.29) is 6.04 Å². The Morgan fingerprint density at radius 1 is 1.14 bits per heavy atom. The lowest BCUT2D eigenvalue weighted by Crippen LogP contribution is -2.42. The Bertz CT molecular complexity index is 586. The van der Waals surface area contributed by atoms with Crippen LogP contribution in [0.1, 0.15) is 32.1 Å². The Kier molecular flexibility index (Phi) is 6.74. The Balaban J connectivity index is 2.39. The highest BCUT2D eigenvalue weighted by Gasteiger charge is 2.33. The molecule has 0 radical (unpaired) electrons. The number of halogens is 3. The summed E-state index contributed by atoms with van der Waals surface area (Å²) in [5.41, 5.74) is 0. The van der Waals surface area contributed by atoms with Gasteiger partial charge in [0.1, 0.15) is 0 Å². The van der Waals surface area contributed by atoms with Crippen molar-refractivity contribution in [2.45, 2.75) is 43.0 Å². The molecule has 0 saturated heterocycles. The summed E-state index contributed by atoms with van der Waals surface area (Å²) < 4.78 is 29.2. The number of rotatable bonds is 5. The molecule has 1 aromatic rings. The predicted molar refractivity (Wildman–Crippen MR) is 96.4 cm³/mol. The molecule has 0 spiro atoms. The maximum atomic E-state index is 13.0. The lowest BCUT2D eigenvalue weighted by Gasteiger charge is -2.33. The molecule has 1 aliphatic carbocycles. The van der Waals surface area contributed by atoms with E-state index in [4.69, 9.17) is 0 Å². The summed E-state index contributed by atoms with van der Waals surface area (Å²) in [5, 5.41) is 0.647. The van der Waals surface area contributed by atoms with Crippen molar-refractivity contribution < 1.29 is 8.42 Å². The van der Waals surface area contributed by atoms with E-state index >= 15 is 0 Å². The van der Waals surface area contributed by atoms with Gasteiger partial charge in [0.05, 0.1) is 4.90 Å². The van der Waals surface area contributed by atoms with Gasteiger partial charge in [0.15, 0.2) is 0 Å². The van der Waals surface area contributed by atoms with E-state index in [1.54, 1.807) is 16.4 Å². The van der Waals surface area contributed by atoms with Gasteiger partial charge in [0.25, 0.3) is 0 Å². The van der Waals surface area contributed by atoms with Gasteiger partial charge in [0.2, 0.25) is 10.0 Å². The van der Waals surface area contributed by atoms with Gasteiger partial charge in [-0.2, -0.15) is 4.31 Å². The monoisotopic (exact) mass is 501 g/mol. The third-order valence-electron chi connectivity index (χ3n) is 3.77. The van der Waals surface area contributed by atoms with E-state index in [0.29, 0.717) is 21.2 Å². The summed E-state index contributed by atoms with van der Waals surface area (Å²) in [6.07, 6.45) is 5.34. The smallest absolute Gasteiger partial charge is 0.207 e. The van der Waals surface area contributed by atoms with Gasteiger partial charge < -0.3 is 0 Å². The molecular weight excluding hydrogens is 486 g/mol. The van der Waals surface area contributed by atoms with Crippen LogP contribution in [0.4, 0.5) is 0 Å². The van der Waals surface area contributed by atoms with Gasteiger partial charge in [-0.15, -0.1) is 0 Å². The average Bonchev–Trinajstić information content (AvgIpc) is 2.48. The minimum Gasteiger partial charge on any atom is -0.207 e. The summed E-state index contributed by atoms with van der Waals surface area (Å²) in [7, 11) is -3.49. The molecule has 1 aromatic carbocycles. The minimum absolute atomic E-state index is 0.118. The van der Waals surface area contributed by atoms with E-state index in [0.717, 1.165) is 30.2 Å². The zero-order valence-electron chi connectivity index (χ0n) is 11.6. The van der Waals surface area contributed by atoms with Crippen LogP contribution in [0.15, 0.2) is 32.0 Å². The van der Waals surface area contributed by atoms with Crippen molar-refractivity contribution in [1.82, 2.24) is 4.31 Å². The maximum absolute atomic E-state index is 13.0. The number of nitrogens with zero attached hydrogens (tertiary/aromatic N) is 1. The van der Waals surface area contributed by atoms with E-state index in [9.17, 15) is 8.42 Å². The molecule has 21 heavy (non-hydrogen) atoms. The van der Waals surface area contributed by atoms with Crippen molar-refractivity contribution in [3.05, 3.63) is 27.1 Å². The number of alkyl halides is 1. The van der Waals surface area contributed by atoms with Crippen LogP contribution in [0.25, 0.3) is 0 Å². The third kappa shape index (κ3) is 4.31. The molecule has 0 atom stereocenters. The number of hydrogen-bond acceptors (Lipinski definition) is 2. The highest BCUT2D eigenvalue weighted by molar-refractivity contribution is 9.11. The second kappa shape index (κ2) is 7.90. The standard InChI is InChI=1S/C14H18Br3NO2S/c15-8-9-18(12-4-2-1-3-5-12)21(19,20)14-10-11(16)6-7-13(14)17/h6-7,10,12H,1-5,8-9H2. The molecule has 0 amide bonds. The molecule has 0 N–H and O–H groups in total. The van der Waals surface area contributed by atoms with E-state index in [1.807, 2.05) is 6.07 Å². The summed E-state index contributed by atoms with van der Waals surface area (Å²) in [4.78, 5) is 0.336. The molecule has 1 aliphatic rings. The van der Waals surface area contributed by atoms with Crippen LogP contribution in [0.2, 0.25) is 0 Å². The van der Waals surface area contributed by atoms with Crippen molar-refractivity contribution >= 4 is 57.8 Å². The first kappa shape index (κ1) is 17.9. The summed E-state index contributed by atoms with van der Waals surface area (Å²) in [6.45, 7) is 0.506. The van der Waals surface area contributed by atoms with Gasteiger partial charge in [-0.3, -0.25) is 0 Å². The normalized spacial score (nSPS) is 17.3. The van der Waals surface area contributed by atoms with Gasteiger partial charge in [-0.05, 0) is 47.0 Å². The highest BCUT2D eigenvalue weighted by atomic mass is 79.9. The van der Waals surface area contributed by atoms with Crippen molar-refractivity contribution in [1.29, 1.82) is 0 Å². The van der Waals surface area contributed by atoms with Crippen LogP contribution in [0, 0.1) is 0 Å². The number of hydrogen-bond donors (Lipinski definition) is 0. The molecule has 3 nitrogen and oxygen atoms in total. The lowest BCUT2D eigenvalue weighted by molar-refractivity contribution is 0.263. The van der Waals surface area contributed by atoms with Crippen LogP contribution in [0.3, 0.4) is 0 Å². The second-order valence-corrected chi connectivity index (χ2v) is 9.59. The highest BCUT2D eigenvalue weighted by Crippen LogP contribution is 2.32. The Morgan fingerprint density at radius 2 is 1.81 bits per heavy atom. The Labute approximate surface area is 151 Å². The van der Waals surface area contributed by atoms with E-state index in [2.05, 4.69) is 47.8 Å². The largest absolute Gasteiger partial charge is 0.244 e. The molecule has 118 valence electrons. The third-order valence-corrected chi connectivity index (χ3v) is 7.56. The van der Waals surface area contributed by atoms with Gasteiger partial charge in [-0.25, -0.2) is 8.42 Å². The Morgan fingerprint density at radius 3 is 2.43 bits per heavy atom.